The van der Waals surface area contributed by atoms with E-state index in [0.717, 1.165) is 119 Å². The summed E-state index contributed by atoms with van der Waals surface area (Å²) >= 11 is 0. The maximum absolute atomic E-state index is 14.5. The Morgan fingerprint density at radius 1 is 0.417 bits per heavy atom. The van der Waals surface area contributed by atoms with E-state index in [9.17, 15) is 53.2 Å². The zero-order chi connectivity index (χ0) is 80.8. The van der Waals surface area contributed by atoms with E-state index in [1.165, 1.54) is 60.1 Å². The van der Waals surface area contributed by atoms with E-state index in [4.69, 9.17) is 29.3 Å². The molecule has 0 atom stereocenters. The second-order valence-corrected chi connectivity index (χ2v) is 30.2. The molecule has 2 aliphatic heterocycles. The molecule has 6 heterocycles. The number of aromatic nitrogens is 4. The molecule has 16 aromatic rings. The minimum absolute atomic E-state index is 0. The van der Waals surface area contributed by atoms with E-state index in [-0.39, 0.29) is 25.0 Å². The fourth-order valence-corrected chi connectivity index (χ4v) is 15.2. The van der Waals surface area contributed by atoms with Gasteiger partial charge in [-0.15, -0.1) is 0 Å². The molecule has 0 saturated carbocycles. The zero-order valence-electron chi connectivity index (χ0n) is 61.9. The molecule has 0 radical (unpaired) electrons. The Labute approximate surface area is 657 Å². The van der Waals surface area contributed by atoms with Gasteiger partial charge in [0.05, 0.1) is 73.5 Å². The Kier molecular flexibility index (Phi) is 20.7. The van der Waals surface area contributed by atoms with Gasteiger partial charge in [0.25, 0.3) is 0 Å². The first kappa shape index (κ1) is 77.7. The lowest BCUT2D eigenvalue weighted by Gasteiger charge is -2.32. The third-order valence-corrected chi connectivity index (χ3v) is 22.2. The van der Waals surface area contributed by atoms with Gasteiger partial charge in [0, 0.05) is 55.6 Å². The van der Waals surface area contributed by atoms with Crippen LogP contribution in [0.3, 0.4) is 0 Å². The van der Waals surface area contributed by atoms with Gasteiger partial charge in [0.2, 0.25) is 0 Å². The number of nitriles is 2. The number of pyridine rings is 4. The monoisotopic (exact) mass is 1570 g/mol. The SMILES string of the molecule is C1CCOC1.CC1(C)OB(c2ccc3ccccc3c2-c2ccc(C#N)cc2)OC1(C)C.N#Cc1ccc(-c2c(-c3ccc4ccccc4c3-c3ccc4ccc5cccnc5c4n3)ccc3ccccc23)cc1.O=S(=O)(Oc1ccc2ccccc2c1-c1ccc2ccc3cccnc3c2n1)C(F)(F)C(F)(F)C(F)(F)C(F)(F)F.[2HH].[HH]. The van der Waals surface area contributed by atoms with E-state index < -0.39 is 57.5 Å². The van der Waals surface area contributed by atoms with Crippen LogP contribution in [0.15, 0.2) is 279 Å². The lowest BCUT2D eigenvalue weighted by molar-refractivity contribution is -0.382. The van der Waals surface area contributed by atoms with Gasteiger partial charge in [0.15, 0.2) is 5.75 Å². The molecule has 4 aromatic heterocycles. The van der Waals surface area contributed by atoms with Crippen LogP contribution in [0, 0.1) is 22.7 Å². The second kappa shape index (κ2) is 30.7. The number of halogens is 9. The lowest BCUT2D eigenvalue weighted by atomic mass is 9.73. The smallest absolute Gasteiger partial charge is 0.399 e. The Bertz CT molecular complexity index is 6670. The number of hydrogen-bond acceptors (Lipinski definition) is 12. The third kappa shape index (κ3) is 14.5. The number of ether oxygens (including phenoxy) is 1. The van der Waals surface area contributed by atoms with Crippen molar-refractivity contribution in [3.8, 4) is 73.8 Å². The van der Waals surface area contributed by atoms with Crippen LogP contribution < -0.4 is 9.65 Å². The van der Waals surface area contributed by atoms with Crippen molar-refractivity contribution in [2.45, 2.75) is 75.0 Å². The molecule has 12 nitrogen and oxygen atoms in total. The summed E-state index contributed by atoms with van der Waals surface area (Å²) in [4.78, 5) is 18.7. The van der Waals surface area contributed by atoms with Crippen molar-refractivity contribution in [3.63, 3.8) is 0 Å². The number of alkyl halides is 9. The maximum atomic E-state index is 14.5. The number of rotatable bonds is 11. The fourth-order valence-electron chi connectivity index (χ4n) is 14.3. The molecule has 2 fully saturated rings. The van der Waals surface area contributed by atoms with Crippen LogP contribution in [-0.4, -0.2) is 83.2 Å². The first-order valence-electron chi connectivity index (χ1n) is 36.6. The molecule has 0 bridgehead atoms. The van der Waals surface area contributed by atoms with Gasteiger partial charge in [0.1, 0.15) is 0 Å². The van der Waals surface area contributed by atoms with Crippen molar-refractivity contribution in [3.05, 3.63) is 290 Å². The van der Waals surface area contributed by atoms with Crippen LogP contribution in [0.4, 0.5) is 39.5 Å². The fraction of sp³-hybridized carbons (Fsp3) is 0.152. The average Bonchev–Trinajstić information content (AvgIpc) is 0.784. The maximum Gasteiger partial charge on any atom is 0.495 e. The van der Waals surface area contributed by atoms with Gasteiger partial charge in [-0.3, -0.25) is 9.97 Å². The first-order valence-corrected chi connectivity index (χ1v) is 38.0. The van der Waals surface area contributed by atoms with Gasteiger partial charge in [-0.2, -0.15) is 58.5 Å². The summed E-state index contributed by atoms with van der Waals surface area (Å²) in [6.45, 7) is 10.3. The molecule has 0 amide bonds. The summed E-state index contributed by atoms with van der Waals surface area (Å²) in [6, 6.07) is 88.4. The molecule has 12 aromatic carbocycles. The highest BCUT2D eigenvalue weighted by Crippen LogP contribution is 2.56. The number of fused-ring (bicyclic) bond motifs is 10. The summed E-state index contributed by atoms with van der Waals surface area (Å²) in [5, 5.41) is 22.3. The summed E-state index contributed by atoms with van der Waals surface area (Å²) in [5.41, 5.74) is 12.1. The molecule has 2 saturated heterocycles. The average molecular weight is 1570 g/mol. The first-order chi connectivity index (χ1) is 55.1. The summed E-state index contributed by atoms with van der Waals surface area (Å²) < 4.78 is 168. The van der Waals surface area contributed by atoms with Crippen LogP contribution in [0.1, 0.15) is 54.5 Å². The van der Waals surface area contributed by atoms with Crippen molar-refractivity contribution in [1.29, 1.82) is 10.5 Å². The number of nitrogens with zero attached hydrogens (tertiary/aromatic N) is 6. The van der Waals surface area contributed by atoms with Gasteiger partial charge in [-0.25, -0.2) is 9.97 Å². The van der Waals surface area contributed by atoms with Crippen molar-refractivity contribution in [1.82, 2.24) is 19.9 Å². The minimum Gasteiger partial charge on any atom is -0.399 e. The van der Waals surface area contributed by atoms with Crippen molar-refractivity contribution < 1.29 is 69.0 Å². The summed E-state index contributed by atoms with van der Waals surface area (Å²) in [5.74, 6) is -15.9. The highest BCUT2D eigenvalue weighted by molar-refractivity contribution is 7.88. The predicted molar refractivity (Wildman–Crippen MR) is 438 cm³/mol. The van der Waals surface area contributed by atoms with Crippen LogP contribution in [0.2, 0.25) is 0 Å². The Balaban J connectivity index is 0.000000150. The normalized spacial score (nSPS) is 14.2. The highest BCUT2D eigenvalue weighted by Gasteiger charge is 2.86. The van der Waals surface area contributed by atoms with Crippen molar-refractivity contribution in [2.24, 2.45) is 0 Å². The topological polar surface area (TPSA) is 170 Å². The largest absolute Gasteiger partial charge is 0.495 e. The summed E-state index contributed by atoms with van der Waals surface area (Å²) in [7, 11) is -7.63. The van der Waals surface area contributed by atoms with Crippen molar-refractivity contribution >= 4 is 109 Å². The van der Waals surface area contributed by atoms with E-state index in [2.05, 4.69) is 194 Å². The molecule has 0 N–H and O–H groups in total. The molecular formula is C92H70BF9N6O6S. The van der Waals surface area contributed by atoms with Crippen LogP contribution in [0.5, 0.6) is 5.75 Å². The quantitative estimate of drug-likeness (QED) is 0.0520. The molecule has 18 rings (SSSR count). The molecule has 115 heavy (non-hydrogen) atoms. The van der Waals surface area contributed by atoms with E-state index in [0.29, 0.717) is 32.8 Å². The van der Waals surface area contributed by atoms with Crippen LogP contribution in [0.25, 0.3) is 143 Å². The van der Waals surface area contributed by atoms with Gasteiger partial charge >= 0.3 is 40.5 Å². The van der Waals surface area contributed by atoms with E-state index in [1.807, 2.05) is 60.8 Å². The molecule has 0 aliphatic carbocycles. The predicted octanol–water partition coefficient (Wildman–Crippen LogP) is 23.7. The zero-order valence-corrected chi connectivity index (χ0v) is 62.7. The minimum atomic E-state index is -7.44. The van der Waals surface area contributed by atoms with Crippen LogP contribution >= 0.6 is 0 Å². The standard InChI is InChI=1S/C39H23N3.C26H13F9N2O3S.C23H22BNO2.C4H8O.2H2/c40-24-25-11-13-28(14-12-25)36-31-9-3-1-6-26(31)17-20-33(36)34-21-18-27-7-2-4-10-32(27)37(34)35-22-19-30-16-15-29-8-5-23-41-38(29)39(30)42-35;27-23(28,25(31,32)33)24(29,30)26(34,35)41(38,39)40-19-12-10-14-4-1-2-6-17(14)20(19)18-11-9-16-8-7-15-5-3-13-36-21(15)22(16)37-18;1-22(2)23(3,4)27-24(26-22)20-14-13-17-7-5-6-8-19(17)21(20)18-11-9-16(15-25)10-12-18;1-2-4-5-3-1;;/h1-23H;1-13H;5-14H,1-4H3;1-4H2;2*1H/i;;;;1+1;. The Morgan fingerprint density at radius 3 is 1.23 bits per heavy atom. The van der Waals surface area contributed by atoms with E-state index >= 15 is 0 Å². The molecular weight excluding hydrogens is 1500 g/mol. The summed E-state index contributed by atoms with van der Waals surface area (Å²) in [6.07, 6.45) is -1.36. The Morgan fingerprint density at radius 2 is 0.783 bits per heavy atom. The van der Waals surface area contributed by atoms with Crippen molar-refractivity contribution in [2.75, 3.05) is 13.2 Å². The van der Waals surface area contributed by atoms with Gasteiger partial charge in [-0.1, -0.05) is 212 Å². The third-order valence-electron chi connectivity index (χ3n) is 20.9. The van der Waals surface area contributed by atoms with Gasteiger partial charge < -0.3 is 18.2 Å². The molecule has 2 aliphatic rings. The molecule has 0 unspecified atom stereocenters. The molecule has 0 spiro atoms. The Hall–Kier alpha value is -12.6. The lowest BCUT2D eigenvalue weighted by Crippen LogP contribution is -2.63. The van der Waals surface area contributed by atoms with Gasteiger partial charge in [-0.05, 0) is 177 Å². The van der Waals surface area contributed by atoms with E-state index in [1.54, 1.807) is 30.3 Å². The number of benzene rings is 12. The van der Waals surface area contributed by atoms with Crippen LogP contribution in [-0.2, 0) is 24.2 Å². The molecule has 576 valence electrons. The number of hydrogen-bond donors (Lipinski definition) is 0. The second-order valence-electron chi connectivity index (χ2n) is 28.6. The highest BCUT2D eigenvalue weighted by atomic mass is 32.2. The molecule has 23 heteroatoms.